The van der Waals surface area contributed by atoms with E-state index in [9.17, 15) is 4.79 Å². The first-order chi connectivity index (χ1) is 10.7. The minimum Gasteiger partial charge on any atom is -0.355 e. The van der Waals surface area contributed by atoms with E-state index in [-0.39, 0.29) is 5.91 Å². The largest absolute Gasteiger partial charge is 0.355 e. The lowest BCUT2D eigenvalue weighted by Crippen LogP contribution is -2.17. The van der Waals surface area contributed by atoms with Gasteiger partial charge in [0.05, 0.1) is 0 Å². The Morgan fingerprint density at radius 3 is 2.14 bits per heavy atom. The van der Waals surface area contributed by atoms with E-state index in [4.69, 9.17) is 0 Å². The van der Waals surface area contributed by atoms with E-state index in [0.29, 0.717) is 0 Å². The number of carbonyl (C=O) groups excluding carboxylic acids is 1. The minimum atomic E-state index is -0.0363. The molecule has 0 saturated heterocycles. The number of carbonyl (C=O) groups is 1. The van der Waals surface area contributed by atoms with Crippen LogP contribution < -0.4 is 5.32 Å². The Labute approximate surface area is 131 Å². The molecule has 0 aliphatic carbocycles. The van der Waals surface area contributed by atoms with Crippen molar-refractivity contribution in [2.45, 2.75) is 26.7 Å². The van der Waals surface area contributed by atoms with Gasteiger partial charge in [-0.2, -0.15) is 0 Å². The first-order valence-corrected chi connectivity index (χ1v) is 7.88. The van der Waals surface area contributed by atoms with Gasteiger partial charge in [-0.3, -0.25) is 4.79 Å². The molecule has 112 valence electrons. The van der Waals surface area contributed by atoms with Gasteiger partial charge in [-0.15, -0.1) is 0 Å². The average Bonchev–Trinajstić information content (AvgIpc) is 2.57. The molecule has 1 N–H and O–H groups in total. The molecular formula is C20H21NO. The number of hydrogen-bond acceptors (Lipinski definition) is 1. The highest BCUT2D eigenvalue weighted by Gasteiger charge is 2.10. The van der Waals surface area contributed by atoms with Crippen molar-refractivity contribution >= 4 is 27.5 Å². The van der Waals surface area contributed by atoms with Gasteiger partial charge < -0.3 is 5.32 Å². The van der Waals surface area contributed by atoms with Crippen molar-refractivity contribution in [3.63, 3.8) is 0 Å². The number of amides is 1. The summed E-state index contributed by atoms with van der Waals surface area (Å²) in [4.78, 5) is 12.1. The molecule has 0 unspecified atom stereocenters. The number of fused-ring (bicyclic) bond motifs is 2. The Hall–Kier alpha value is -2.35. The van der Waals surface area contributed by atoms with Crippen LogP contribution in [0.1, 0.15) is 35.3 Å². The maximum absolute atomic E-state index is 12.1. The molecule has 0 fully saturated rings. The Morgan fingerprint density at radius 1 is 0.909 bits per heavy atom. The SMILES string of the molecule is CCc1cc2cc3cccc(C(=O)NC)c3cc2cc1CC. The van der Waals surface area contributed by atoms with Gasteiger partial charge in [0.1, 0.15) is 0 Å². The second-order valence-electron chi connectivity index (χ2n) is 5.63. The zero-order valence-electron chi connectivity index (χ0n) is 13.4. The van der Waals surface area contributed by atoms with Crippen LogP contribution in [-0.2, 0) is 12.8 Å². The molecule has 2 nitrogen and oxygen atoms in total. The molecule has 0 aromatic heterocycles. The fraction of sp³-hybridized carbons (Fsp3) is 0.250. The number of aryl methyl sites for hydroxylation is 2. The van der Waals surface area contributed by atoms with Crippen molar-refractivity contribution in [2.75, 3.05) is 7.05 Å². The van der Waals surface area contributed by atoms with Crippen LogP contribution in [-0.4, -0.2) is 13.0 Å². The molecule has 0 bridgehead atoms. The van der Waals surface area contributed by atoms with Crippen LogP contribution in [0.4, 0.5) is 0 Å². The van der Waals surface area contributed by atoms with Gasteiger partial charge in [0.2, 0.25) is 0 Å². The highest BCUT2D eigenvalue weighted by molar-refractivity contribution is 6.10. The Balaban J connectivity index is 2.34. The van der Waals surface area contributed by atoms with Crippen LogP contribution in [0.2, 0.25) is 0 Å². The third-order valence-corrected chi connectivity index (χ3v) is 4.39. The van der Waals surface area contributed by atoms with E-state index in [0.717, 1.165) is 29.2 Å². The molecule has 0 radical (unpaired) electrons. The van der Waals surface area contributed by atoms with Gasteiger partial charge in [0, 0.05) is 12.6 Å². The van der Waals surface area contributed by atoms with Crippen molar-refractivity contribution in [3.8, 4) is 0 Å². The average molecular weight is 291 g/mol. The van der Waals surface area contributed by atoms with E-state index in [2.05, 4.69) is 49.5 Å². The summed E-state index contributed by atoms with van der Waals surface area (Å²) in [7, 11) is 1.67. The molecule has 0 saturated carbocycles. The van der Waals surface area contributed by atoms with Crippen LogP contribution in [0.25, 0.3) is 21.5 Å². The quantitative estimate of drug-likeness (QED) is 0.708. The van der Waals surface area contributed by atoms with E-state index < -0.39 is 0 Å². The second-order valence-corrected chi connectivity index (χ2v) is 5.63. The highest BCUT2D eigenvalue weighted by atomic mass is 16.1. The smallest absolute Gasteiger partial charge is 0.251 e. The first kappa shape index (κ1) is 14.6. The lowest BCUT2D eigenvalue weighted by molar-refractivity contribution is 0.0965. The van der Waals surface area contributed by atoms with Crippen LogP contribution in [0.5, 0.6) is 0 Å². The summed E-state index contributed by atoms with van der Waals surface area (Å²) in [5.41, 5.74) is 3.54. The third-order valence-electron chi connectivity index (χ3n) is 4.39. The molecule has 0 spiro atoms. The normalized spacial score (nSPS) is 11.0. The molecule has 1 amide bonds. The van der Waals surface area contributed by atoms with Gasteiger partial charge in [-0.25, -0.2) is 0 Å². The molecular weight excluding hydrogens is 270 g/mol. The maximum Gasteiger partial charge on any atom is 0.251 e. The monoisotopic (exact) mass is 291 g/mol. The molecule has 2 heteroatoms. The molecule has 0 atom stereocenters. The lowest BCUT2D eigenvalue weighted by atomic mass is 9.94. The van der Waals surface area contributed by atoms with Crippen molar-refractivity contribution in [2.24, 2.45) is 0 Å². The van der Waals surface area contributed by atoms with Gasteiger partial charge in [-0.1, -0.05) is 38.1 Å². The Bertz CT molecular complexity index is 864. The van der Waals surface area contributed by atoms with Crippen molar-refractivity contribution in [3.05, 3.63) is 59.2 Å². The summed E-state index contributed by atoms with van der Waals surface area (Å²) in [6.45, 7) is 4.39. The van der Waals surface area contributed by atoms with Crippen molar-refractivity contribution in [1.29, 1.82) is 0 Å². The maximum atomic E-state index is 12.1. The standard InChI is InChI=1S/C20H21NO/c1-4-13-9-16-11-15-7-6-8-18(20(22)21-3)19(15)12-17(16)10-14(13)5-2/h6-12H,4-5H2,1-3H3,(H,21,22). The topological polar surface area (TPSA) is 29.1 Å². The summed E-state index contributed by atoms with van der Waals surface area (Å²) in [6.07, 6.45) is 2.09. The first-order valence-electron chi connectivity index (χ1n) is 7.88. The van der Waals surface area contributed by atoms with E-state index in [1.165, 1.54) is 21.9 Å². The van der Waals surface area contributed by atoms with E-state index in [1.807, 2.05) is 12.1 Å². The molecule has 22 heavy (non-hydrogen) atoms. The summed E-state index contributed by atoms with van der Waals surface area (Å²) in [5.74, 6) is -0.0363. The molecule has 3 aromatic carbocycles. The van der Waals surface area contributed by atoms with Gasteiger partial charge >= 0.3 is 0 Å². The summed E-state index contributed by atoms with van der Waals surface area (Å²) < 4.78 is 0. The lowest BCUT2D eigenvalue weighted by Gasteiger charge is -2.11. The molecule has 0 heterocycles. The van der Waals surface area contributed by atoms with Crippen molar-refractivity contribution in [1.82, 2.24) is 5.32 Å². The predicted molar refractivity (Wildman–Crippen MR) is 93.6 cm³/mol. The number of rotatable bonds is 3. The van der Waals surface area contributed by atoms with Crippen LogP contribution in [0.15, 0.2) is 42.5 Å². The minimum absolute atomic E-state index is 0.0363. The highest BCUT2D eigenvalue weighted by Crippen LogP contribution is 2.28. The number of benzene rings is 3. The van der Waals surface area contributed by atoms with Gasteiger partial charge in [0.15, 0.2) is 0 Å². The van der Waals surface area contributed by atoms with E-state index in [1.54, 1.807) is 7.05 Å². The molecule has 3 rings (SSSR count). The zero-order valence-corrected chi connectivity index (χ0v) is 13.4. The zero-order chi connectivity index (χ0) is 15.7. The molecule has 0 aliphatic heterocycles. The summed E-state index contributed by atoms with van der Waals surface area (Å²) >= 11 is 0. The second kappa shape index (κ2) is 5.80. The summed E-state index contributed by atoms with van der Waals surface area (Å²) in [5, 5.41) is 7.30. The van der Waals surface area contributed by atoms with Gasteiger partial charge in [0.25, 0.3) is 5.91 Å². The number of hydrogen-bond donors (Lipinski definition) is 1. The molecule has 0 aliphatic rings. The number of nitrogens with one attached hydrogen (secondary N) is 1. The van der Waals surface area contributed by atoms with Gasteiger partial charge in [-0.05, 0) is 63.7 Å². The van der Waals surface area contributed by atoms with Crippen LogP contribution in [0.3, 0.4) is 0 Å². The van der Waals surface area contributed by atoms with Crippen molar-refractivity contribution < 1.29 is 4.79 Å². The third kappa shape index (κ3) is 2.35. The predicted octanol–water partition coefficient (Wildman–Crippen LogP) is 4.48. The Morgan fingerprint density at radius 2 is 1.55 bits per heavy atom. The Kier molecular flexibility index (Phi) is 3.84. The van der Waals surface area contributed by atoms with E-state index >= 15 is 0 Å². The van der Waals surface area contributed by atoms with Crippen LogP contribution >= 0.6 is 0 Å². The molecule has 3 aromatic rings. The van der Waals surface area contributed by atoms with Crippen LogP contribution in [0, 0.1) is 0 Å². The fourth-order valence-corrected chi connectivity index (χ4v) is 3.16. The summed E-state index contributed by atoms with van der Waals surface area (Å²) in [6, 6.07) is 14.8. The fourth-order valence-electron chi connectivity index (χ4n) is 3.16.